The van der Waals surface area contributed by atoms with Gasteiger partial charge in [-0.1, -0.05) is 34.8 Å². The van der Waals surface area contributed by atoms with E-state index in [2.05, 4.69) is 4.98 Å². The van der Waals surface area contributed by atoms with E-state index in [-0.39, 0.29) is 29.2 Å². The molecule has 1 rings (SSSR count). The van der Waals surface area contributed by atoms with Crippen molar-refractivity contribution in [2.45, 2.75) is 6.04 Å². The second kappa shape index (κ2) is 5.95. The van der Waals surface area contributed by atoms with Gasteiger partial charge in [0.1, 0.15) is 5.15 Å². The Balaban J connectivity index is 0.00000169. The van der Waals surface area contributed by atoms with E-state index in [1.807, 2.05) is 0 Å². The van der Waals surface area contributed by atoms with Gasteiger partial charge in [-0.2, -0.15) is 0 Å². The van der Waals surface area contributed by atoms with Crippen molar-refractivity contribution in [3.63, 3.8) is 0 Å². The van der Waals surface area contributed by atoms with Gasteiger partial charge in [-0.05, 0) is 0 Å². The SMILES string of the molecule is Cl.N[C@H](CO)c1c(Cl)cnc(Cl)c1Cl. The normalized spacial score (nSPS) is 12.1. The van der Waals surface area contributed by atoms with E-state index in [4.69, 9.17) is 45.6 Å². The number of nitrogens with two attached hydrogens (primary N) is 1. The summed E-state index contributed by atoms with van der Waals surface area (Å²) in [5, 5.41) is 9.44. The van der Waals surface area contributed by atoms with Gasteiger partial charge >= 0.3 is 0 Å². The van der Waals surface area contributed by atoms with Gasteiger partial charge in [-0.15, -0.1) is 12.4 Å². The smallest absolute Gasteiger partial charge is 0.148 e. The number of hydrogen-bond donors (Lipinski definition) is 2. The van der Waals surface area contributed by atoms with E-state index in [9.17, 15) is 0 Å². The Kier molecular flexibility index (Phi) is 6.05. The fourth-order valence-corrected chi connectivity index (χ4v) is 1.66. The summed E-state index contributed by atoms with van der Waals surface area (Å²) in [6.45, 7) is -0.250. The maximum Gasteiger partial charge on any atom is 0.148 e. The van der Waals surface area contributed by atoms with Crippen molar-refractivity contribution in [3.05, 3.63) is 27.0 Å². The van der Waals surface area contributed by atoms with Crippen molar-refractivity contribution in [1.29, 1.82) is 0 Å². The summed E-state index contributed by atoms with van der Waals surface area (Å²) in [5.41, 5.74) is 5.98. The van der Waals surface area contributed by atoms with Crippen LogP contribution < -0.4 is 5.73 Å². The van der Waals surface area contributed by atoms with Gasteiger partial charge in [0, 0.05) is 11.8 Å². The minimum absolute atomic E-state index is 0. The van der Waals surface area contributed by atoms with E-state index < -0.39 is 6.04 Å². The molecular weight excluding hydrogens is 270 g/mol. The van der Waals surface area contributed by atoms with Crippen LogP contribution in [0.15, 0.2) is 6.20 Å². The van der Waals surface area contributed by atoms with Crippen molar-refractivity contribution in [2.24, 2.45) is 5.73 Å². The minimum Gasteiger partial charge on any atom is -0.394 e. The summed E-state index contributed by atoms with van der Waals surface area (Å²) >= 11 is 17.2. The zero-order valence-electron chi connectivity index (χ0n) is 6.88. The third kappa shape index (κ3) is 2.86. The summed E-state index contributed by atoms with van der Waals surface area (Å²) in [6.07, 6.45) is 1.35. The fourth-order valence-electron chi connectivity index (χ4n) is 0.887. The van der Waals surface area contributed by atoms with Crippen LogP contribution in [0.3, 0.4) is 0 Å². The van der Waals surface area contributed by atoms with Gasteiger partial charge in [-0.25, -0.2) is 4.98 Å². The highest BCUT2D eigenvalue weighted by atomic mass is 35.5. The molecule has 14 heavy (non-hydrogen) atoms. The molecule has 0 amide bonds. The van der Waals surface area contributed by atoms with Crippen LogP contribution >= 0.6 is 47.2 Å². The molecule has 0 spiro atoms. The Hall–Kier alpha value is 0.230. The summed E-state index contributed by atoms with van der Waals surface area (Å²) in [4.78, 5) is 3.72. The number of hydrogen-bond acceptors (Lipinski definition) is 3. The van der Waals surface area contributed by atoms with Crippen LogP contribution in [0.5, 0.6) is 0 Å². The molecule has 80 valence electrons. The van der Waals surface area contributed by atoms with Gasteiger partial charge < -0.3 is 10.8 Å². The molecule has 0 fully saturated rings. The molecule has 1 aromatic rings. The Morgan fingerprint density at radius 2 is 2.00 bits per heavy atom. The molecule has 0 saturated heterocycles. The largest absolute Gasteiger partial charge is 0.394 e. The predicted molar refractivity (Wildman–Crippen MR) is 60.5 cm³/mol. The molecule has 0 bridgehead atoms. The van der Waals surface area contributed by atoms with Crippen molar-refractivity contribution in [2.75, 3.05) is 6.61 Å². The van der Waals surface area contributed by atoms with Crippen LogP contribution in [0.4, 0.5) is 0 Å². The van der Waals surface area contributed by atoms with Gasteiger partial charge in [0.15, 0.2) is 0 Å². The molecular formula is C7H8Cl4N2O. The molecule has 0 unspecified atom stereocenters. The van der Waals surface area contributed by atoms with Crippen LogP contribution in [-0.2, 0) is 0 Å². The van der Waals surface area contributed by atoms with Gasteiger partial charge in [-0.3, -0.25) is 0 Å². The Labute approximate surface area is 103 Å². The highest BCUT2D eigenvalue weighted by molar-refractivity contribution is 6.43. The standard InChI is InChI=1S/C7H7Cl3N2O.ClH/c8-3-1-12-7(10)6(9)5(3)4(11)2-13;/h1,4,13H,2,11H2;1H/t4-;/m1./s1. The lowest BCUT2D eigenvalue weighted by Crippen LogP contribution is -2.15. The van der Waals surface area contributed by atoms with Crippen molar-refractivity contribution < 1.29 is 5.11 Å². The fraction of sp³-hybridized carbons (Fsp3) is 0.286. The van der Waals surface area contributed by atoms with Crippen LogP contribution in [0.25, 0.3) is 0 Å². The Bertz CT molecular complexity index is 321. The molecule has 0 aliphatic rings. The Morgan fingerprint density at radius 3 is 2.50 bits per heavy atom. The Morgan fingerprint density at radius 1 is 1.43 bits per heavy atom. The number of nitrogens with zero attached hydrogens (tertiary/aromatic N) is 1. The number of halogens is 4. The second-order valence-corrected chi connectivity index (χ2v) is 3.56. The average molecular weight is 278 g/mol. The average Bonchev–Trinajstić information content (AvgIpc) is 2.12. The van der Waals surface area contributed by atoms with E-state index in [1.54, 1.807) is 0 Å². The zero-order chi connectivity index (χ0) is 10.0. The first kappa shape index (κ1) is 14.2. The zero-order valence-corrected chi connectivity index (χ0v) is 9.96. The van der Waals surface area contributed by atoms with E-state index in [0.29, 0.717) is 10.6 Å². The number of aromatic nitrogens is 1. The molecule has 0 saturated carbocycles. The summed E-state index contributed by atoms with van der Waals surface area (Å²) < 4.78 is 0. The maximum absolute atomic E-state index is 8.82. The quantitative estimate of drug-likeness (QED) is 0.817. The lowest BCUT2D eigenvalue weighted by molar-refractivity contribution is 0.268. The highest BCUT2D eigenvalue weighted by Gasteiger charge is 2.16. The van der Waals surface area contributed by atoms with Crippen molar-refractivity contribution >= 4 is 47.2 Å². The van der Waals surface area contributed by atoms with Crippen LogP contribution in [0.1, 0.15) is 11.6 Å². The molecule has 0 aliphatic heterocycles. The first-order chi connectivity index (χ1) is 6.07. The summed E-state index contributed by atoms with van der Waals surface area (Å²) in [7, 11) is 0. The molecule has 3 nitrogen and oxygen atoms in total. The van der Waals surface area contributed by atoms with Crippen LogP contribution in [0, 0.1) is 0 Å². The number of pyridine rings is 1. The minimum atomic E-state index is -0.638. The lowest BCUT2D eigenvalue weighted by Gasteiger charge is -2.12. The number of aliphatic hydroxyl groups is 1. The highest BCUT2D eigenvalue weighted by Crippen LogP contribution is 2.32. The summed E-state index contributed by atoms with van der Waals surface area (Å²) in [5.74, 6) is 0. The van der Waals surface area contributed by atoms with E-state index >= 15 is 0 Å². The topological polar surface area (TPSA) is 59.1 Å². The van der Waals surface area contributed by atoms with Gasteiger partial charge in [0.25, 0.3) is 0 Å². The molecule has 3 N–H and O–H groups in total. The van der Waals surface area contributed by atoms with Crippen molar-refractivity contribution in [1.82, 2.24) is 4.98 Å². The van der Waals surface area contributed by atoms with Crippen LogP contribution in [-0.4, -0.2) is 16.7 Å². The molecule has 1 aromatic heterocycles. The monoisotopic (exact) mass is 276 g/mol. The maximum atomic E-state index is 8.82. The lowest BCUT2D eigenvalue weighted by atomic mass is 10.1. The molecule has 0 aromatic carbocycles. The van der Waals surface area contributed by atoms with Crippen LogP contribution in [0.2, 0.25) is 15.2 Å². The molecule has 0 radical (unpaired) electrons. The van der Waals surface area contributed by atoms with Crippen molar-refractivity contribution in [3.8, 4) is 0 Å². The first-order valence-corrected chi connectivity index (χ1v) is 4.57. The van der Waals surface area contributed by atoms with Gasteiger partial charge in [0.2, 0.25) is 0 Å². The third-order valence-corrected chi connectivity index (χ3v) is 2.60. The predicted octanol–water partition coefficient (Wildman–Crippen LogP) is 2.46. The first-order valence-electron chi connectivity index (χ1n) is 3.43. The summed E-state index contributed by atoms with van der Waals surface area (Å²) in [6, 6.07) is -0.638. The number of aliphatic hydroxyl groups excluding tert-OH is 1. The molecule has 7 heteroatoms. The number of rotatable bonds is 2. The second-order valence-electron chi connectivity index (χ2n) is 2.41. The van der Waals surface area contributed by atoms with E-state index in [0.717, 1.165) is 0 Å². The van der Waals surface area contributed by atoms with Gasteiger partial charge in [0.05, 0.1) is 22.7 Å². The molecule has 1 heterocycles. The third-order valence-electron chi connectivity index (χ3n) is 1.53. The molecule has 0 aliphatic carbocycles. The van der Waals surface area contributed by atoms with E-state index in [1.165, 1.54) is 6.20 Å². The molecule has 1 atom stereocenters.